The first-order valence-corrected chi connectivity index (χ1v) is 19.6. The summed E-state index contributed by atoms with van der Waals surface area (Å²) < 4.78 is 13.8. The van der Waals surface area contributed by atoms with Gasteiger partial charge < -0.3 is 35.1 Å². The van der Waals surface area contributed by atoms with Crippen LogP contribution in [-0.2, 0) is 45.3 Å². The van der Waals surface area contributed by atoms with Gasteiger partial charge in [-0.3, -0.25) is 9.59 Å². The van der Waals surface area contributed by atoms with Crippen LogP contribution in [0.25, 0.3) is 0 Å². The number of methoxy groups -OCH3 is 2. The van der Waals surface area contributed by atoms with Gasteiger partial charge in [-0.25, -0.2) is 0 Å². The van der Waals surface area contributed by atoms with Gasteiger partial charge in [0.15, 0.2) is 0 Å². The van der Waals surface area contributed by atoms with E-state index < -0.39 is 0 Å². The van der Waals surface area contributed by atoms with E-state index in [0.717, 1.165) is 40.1 Å². The van der Waals surface area contributed by atoms with Gasteiger partial charge in [0, 0.05) is 39.0 Å². The Bertz CT molecular complexity index is 1700. The molecule has 0 fully saturated rings. The normalized spacial score (nSPS) is 11.5. The molecule has 0 heterocycles. The average molecular weight is 981 g/mol. The molecule has 15 heteroatoms. The Morgan fingerprint density at radius 2 is 0.906 bits per heavy atom. The van der Waals surface area contributed by atoms with Crippen molar-refractivity contribution in [3.8, 4) is 11.5 Å². The van der Waals surface area contributed by atoms with Crippen molar-refractivity contribution in [1.82, 2.24) is 16.0 Å². The number of carbonyl (C=O) groups is 2. The molecule has 0 unspecified atom stereocenters. The number of nitrogens with zero attached hydrogens (tertiary/aromatic N) is 2. The van der Waals surface area contributed by atoms with Crippen molar-refractivity contribution in [2.24, 2.45) is 10.3 Å². The van der Waals surface area contributed by atoms with Gasteiger partial charge in [-0.1, -0.05) is 71.0 Å². The van der Waals surface area contributed by atoms with Gasteiger partial charge in [-0.15, -0.1) is 0 Å². The predicted octanol–water partition coefficient (Wildman–Crippen LogP) is 7.51. The largest absolute Gasteiger partial charge is 0.494 e. The van der Waals surface area contributed by atoms with Gasteiger partial charge in [0.2, 0.25) is 0 Å². The molecule has 0 aliphatic rings. The highest BCUT2D eigenvalue weighted by molar-refractivity contribution is 9.11. The second-order valence-corrected chi connectivity index (χ2v) is 14.8. The number of hydrogen-bond donors (Lipinski definition) is 3. The predicted molar refractivity (Wildman–Crippen MR) is 220 cm³/mol. The highest BCUT2D eigenvalue weighted by Crippen LogP contribution is 2.35. The number of benzene rings is 4. The van der Waals surface area contributed by atoms with E-state index in [0.29, 0.717) is 37.7 Å². The first kappa shape index (κ1) is 42.0. The second-order valence-electron chi connectivity index (χ2n) is 11.4. The van der Waals surface area contributed by atoms with Crippen LogP contribution >= 0.6 is 63.7 Å². The van der Waals surface area contributed by atoms with Gasteiger partial charge in [0.1, 0.15) is 36.1 Å². The average Bonchev–Trinajstić information content (AvgIpc) is 3.14. The van der Waals surface area contributed by atoms with E-state index in [4.69, 9.17) is 19.1 Å². The number of rotatable bonds is 20. The van der Waals surface area contributed by atoms with Crippen LogP contribution in [0.2, 0.25) is 0 Å². The van der Waals surface area contributed by atoms with E-state index in [1.165, 1.54) is 0 Å². The molecule has 0 aliphatic heterocycles. The number of oxime groups is 2. The van der Waals surface area contributed by atoms with Crippen LogP contribution in [0.5, 0.6) is 11.5 Å². The third kappa shape index (κ3) is 13.9. The Morgan fingerprint density at radius 1 is 0.547 bits per heavy atom. The molecular weight excluding hydrogens is 942 g/mol. The number of hydrogen-bond acceptors (Lipinski definition) is 9. The van der Waals surface area contributed by atoms with Crippen LogP contribution < -0.4 is 25.4 Å². The maximum atomic E-state index is 13.2. The topological polar surface area (TPSA) is 132 Å². The summed E-state index contributed by atoms with van der Waals surface area (Å²) in [5, 5.41) is 17.5. The second kappa shape index (κ2) is 22.5. The van der Waals surface area contributed by atoms with E-state index in [9.17, 15) is 9.59 Å². The maximum Gasteiger partial charge on any atom is 0.269 e. The number of halogens is 4. The molecule has 0 atom stereocenters. The zero-order valence-corrected chi connectivity index (χ0v) is 35.4. The van der Waals surface area contributed by atoms with Crippen molar-refractivity contribution in [2.75, 3.05) is 40.4 Å². The monoisotopic (exact) mass is 977 g/mol. The van der Waals surface area contributed by atoms with Crippen LogP contribution in [0.4, 0.5) is 0 Å². The molecule has 4 aromatic rings. The van der Waals surface area contributed by atoms with E-state index in [2.05, 4.69) is 90.0 Å². The van der Waals surface area contributed by atoms with Gasteiger partial charge in [-0.05, 0) is 110 Å². The molecule has 0 saturated heterocycles. The zero-order valence-electron chi connectivity index (χ0n) is 29.1. The minimum absolute atomic E-state index is 0.217. The number of ether oxygens (including phenoxy) is 2. The molecule has 0 bridgehead atoms. The SMILES string of the molecule is COc1c(Br)cc(C/C(=N\OCc2ccccc2)C(=O)NCCNCCNC(=O)/C(Cc2cc(Br)c(OC)c(Br)c2)=N/OCc2ccccc2)cc1Br. The van der Waals surface area contributed by atoms with Crippen molar-refractivity contribution >= 4 is 87.0 Å². The molecule has 2 amide bonds. The van der Waals surface area contributed by atoms with Crippen LogP contribution in [0, 0.1) is 0 Å². The Kier molecular flexibility index (Phi) is 17.8. The minimum Gasteiger partial charge on any atom is -0.494 e. The third-order valence-corrected chi connectivity index (χ3v) is 9.82. The smallest absolute Gasteiger partial charge is 0.269 e. The van der Waals surface area contributed by atoms with Gasteiger partial charge >= 0.3 is 0 Å². The lowest BCUT2D eigenvalue weighted by Gasteiger charge is -2.12. The first-order chi connectivity index (χ1) is 25.7. The highest BCUT2D eigenvalue weighted by atomic mass is 79.9. The fraction of sp³-hybridized carbons (Fsp3) is 0.263. The van der Waals surface area contributed by atoms with Crippen molar-refractivity contribution in [1.29, 1.82) is 0 Å². The molecule has 11 nitrogen and oxygen atoms in total. The summed E-state index contributed by atoms with van der Waals surface area (Å²) in [5.74, 6) is 0.588. The summed E-state index contributed by atoms with van der Waals surface area (Å²) in [6.07, 6.45) is 0.454. The lowest BCUT2D eigenvalue weighted by molar-refractivity contribution is -0.115. The molecule has 280 valence electrons. The van der Waals surface area contributed by atoms with E-state index in [1.54, 1.807) is 14.2 Å². The summed E-state index contributed by atoms with van der Waals surface area (Å²) in [5.41, 5.74) is 3.96. The zero-order chi connectivity index (χ0) is 38.0. The van der Waals surface area contributed by atoms with Gasteiger partial charge in [0.25, 0.3) is 11.8 Å². The lowest BCUT2D eigenvalue weighted by Crippen LogP contribution is -2.40. The first-order valence-electron chi connectivity index (χ1n) is 16.4. The van der Waals surface area contributed by atoms with E-state index in [1.807, 2.05) is 84.9 Å². The fourth-order valence-electron chi connectivity index (χ4n) is 4.89. The number of carbonyl (C=O) groups excluding carboxylic acids is 2. The van der Waals surface area contributed by atoms with Crippen molar-refractivity contribution in [2.45, 2.75) is 26.1 Å². The Hall–Kier alpha value is -3.76. The van der Waals surface area contributed by atoms with E-state index >= 15 is 0 Å². The highest BCUT2D eigenvalue weighted by Gasteiger charge is 2.18. The van der Waals surface area contributed by atoms with Gasteiger partial charge in [-0.2, -0.15) is 0 Å². The minimum atomic E-state index is -0.357. The third-order valence-electron chi connectivity index (χ3n) is 7.46. The summed E-state index contributed by atoms with van der Waals surface area (Å²) in [4.78, 5) is 37.7. The molecule has 0 aliphatic carbocycles. The summed E-state index contributed by atoms with van der Waals surface area (Å²) in [6.45, 7) is 2.00. The van der Waals surface area contributed by atoms with E-state index in [-0.39, 0.29) is 49.3 Å². The molecule has 0 radical (unpaired) electrons. The molecule has 3 N–H and O–H groups in total. The van der Waals surface area contributed by atoms with Gasteiger partial charge in [0.05, 0.1) is 32.1 Å². The summed E-state index contributed by atoms with van der Waals surface area (Å²) in [7, 11) is 3.17. The lowest BCUT2D eigenvalue weighted by atomic mass is 10.1. The van der Waals surface area contributed by atoms with Crippen LogP contribution in [0.3, 0.4) is 0 Å². The van der Waals surface area contributed by atoms with Crippen molar-refractivity contribution < 1.29 is 28.7 Å². The summed E-state index contributed by atoms with van der Waals surface area (Å²) in [6, 6.07) is 26.7. The Morgan fingerprint density at radius 3 is 1.25 bits per heavy atom. The van der Waals surface area contributed by atoms with Crippen LogP contribution in [-0.4, -0.2) is 63.6 Å². The van der Waals surface area contributed by atoms with Crippen molar-refractivity contribution in [3.63, 3.8) is 0 Å². The quantitative estimate of drug-likeness (QED) is 0.0475. The maximum absolute atomic E-state index is 13.2. The van der Waals surface area contributed by atoms with Crippen molar-refractivity contribution in [3.05, 3.63) is 125 Å². The summed E-state index contributed by atoms with van der Waals surface area (Å²) >= 11 is 14.1. The Labute approximate surface area is 342 Å². The molecule has 53 heavy (non-hydrogen) atoms. The molecule has 0 spiro atoms. The van der Waals surface area contributed by atoms with Crippen LogP contribution in [0.1, 0.15) is 22.3 Å². The number of amides is 2. The Balaban J connectivity index is 1.29. The molecule has 0 saturated carbocycles. The van der Waals surface area contributed by atoms with Crippen LogP contribution in [0.15, 0.2) is 113 Å². The molecule has 4 rings (SSSR count). The standard InChI is InChI=1S/C38H39Br4N5O6/c1-50-35-29(39)17-27(18-30(35)40)21-33(46-52-23-25-9-5-3-6-10-25)37(48)44-15-13-43-14-16-45-38(49)34(47-53-24-26-11-7-4-8-12-26)22-28-19-31(41)36(51-2)32(42)20-28/h3-12,17-20,43H,13-16,21-24H2,1-2H3,(H,44,48)(H,45,49)/b46-33+,47-34+. The molecule has 4 aromatic carbocycles. The molecule has 0 aromatic heterocycles. The number of nitrogens with one attached hydrogen (secondary N) is 3. The fourth-order valence-corrected chi connectivity index (χ4v) is 8.10. The molecular formula is C38H39Br4N5O6.